The van der Waals surface area contributed by atoms with Crippen molar-refractivity contribution >= 4 is 38.6 Å². The molecule has 2 rings (SSSR count). The van der Waals surface area contributed by atoms with E-state index in [0.717, 1.165) is 0 Å². The van der Waals surface area contributed by atoms with Crippen LogP contribution in [0.5, 0.6) is 0 Å². The van der Waals surface area contributed by atoms with Crippen molar-refractivity contribution in [2.75, 3.05) is 10.6 Å². The molecule has 1 aromatic carbocycles. The second kappa shape index (κ2) is 6.07. The molecule has 124 valence electrons. The third-order valence-electron chi connectivity index (χ3n) is 2.88. The molecule has 0 atom stereocenters. The summed E-state index contributed by atoms with van der Waals surface area (Å²) in [7, 11) is 0. The first kappa shape index (κ1) is 17.7. The van der Waals surface area contributed by atoms with Crippen LogP contribution in [-0.4, -0.2) is 26.6 Å². The van der Waals surface area contributed by atoms with Crippen LogP contribution in [0.2, 0.25) is 0 Å². The van der Waals surface area contributed by atoms with Gasteiger partial charge in [-0.25, -0.2) is 9.97 Å². The van der Waals surface area contributed by atoms with Crippen LogP contribution in [0.4, 0.5) is 19.0 Å². The standard InChI is InChI=1S/C15H15BrF3N3O/c1-14(2,3)22-13-12(15(17,18)19)20-9-6-4-5-8(10(23)7-16)11(9)21-13/h4-6H,7H2,1-3H3,(H,21,22). The number of benzene rings is 1. The highest BCUT2D eigenvalue weighted by Gasteiger charge is 2.38. The summed E-state index contributed by atoms with van der Waals surface area (Å²) in [5.41, 5.74) is -1.32. The van der Waals surface area contributed by atoms with Gasteiger partial charge in [0.1, 0.15) is 5.52 Å². The number of hydrogen-bond donors (Lipinski definition) is 1. The molecule has 0 aliphatic carbocycles. The molecule has 1 heterocycles. The van der Waals surface area contributed by atoms with E-state index in [9.17, 15) is 18.0 Å². The number of carbonyl (C=O) groups is 1. The van der Waals surface area contributed by atoms with Crippen LogP contribution in [0.1, 0.15) is 36.8 Å². The fourth-order valence-corrected chi connectivity index (χ4v) is 2.32. The molecular weight excluding hydrogens is 375 g/mol. The minimum Gasteiger partial charge on any atom is -0.364 e. The van der Waals surface area contributed by atoms with Gasteiger partial charge < -0.3 is 5.32 Å². The Bertz CT molecular complexity index is 754. The van der Waals surface area contributed by atoms with Gasteiger partial charge in [-0.15, -0.1) is 0 Å². The fraction of sp³-hybridized carbons (Fsp3) is 0.400. The van der Waals surface area contributed by atoms with E-state index in [2.05, 4.69) is 31.2 Å². The van der Waals surface area contributed by atoms with Gasteiger partial charge in [-0.05, 0) is 32.9 Å². The average molecular weight is 390 g/mol. The monoisotopic (exact) mass is 389 g/mol. The Hall–Kier alpha value is -1.70. The summed E-state index contributed by atoms with van der Waals surface area (Å²) >= 11 is 3.06. The van der Waals surface area contributed by atoms with Crippen LogP contribution >= 0.6 is 15.9 Å². The summed E-state index contributed by atoms with van der Waals surface area (Å²) in [6, 6.07) is 4.42. The average Bonchev–Trinajstić information content (AvgIpc) is 2.42. The Morgan fingerprint density at radius 3 is 2.39 bits per heavy atom. The molecule has 0 aliphatic heterocycles. The molecule has 0 aliphatic rings. The maximum atomic E-state index is 13.3. The van der Waals surface area contributed by atoms with E-state index < -0.39 is 17.4 Å². The molecular formula is C15H15BrF3N3O. The molecule has 0 spiro atoms. The molecule has 0 amide bonds. The van der Waals surface area contributed by atoms with Crippen LogP contribution in [-0.2, 0) is 6.18 Å². The number of halogens is 4. The summed E-state index contributed by atoms with van der Waals surface area (Å²) in [4.78, 5) is 19.7. The zero-order valence-electron chi connectivity index (χ0n) is 12.8. The van der Waals surface area contributed by atoms with Crippen LogP contribution in [0.15, 0.2) is 18.2 Å². The minimum absolute atomic E-state index is 0.0311. The second-order valence-electron chi connectivity index (χ2n) is 6.02. The topological polar surface area (TPSA) is 54.9 Å². The van der Waals surface area contributed by atoms with Crippen molar-refractivity contribution in [1.82, 2.24) is 9.97 Å². The van der Waals surface area contributed by atoms with Gasteiger partial charge in [0.25, 0.3) is 0 Å². The van der Waals surface area contributed by atoms with E-state index in [1.807, 2.05) is 0 Å². The lowest BCUT2D eigenvalue weighted by molar-refractivity contribution is -0.140. The summed E-state index contributed by atoms with van der Waals surface area (Å²) < 4.78 is 39.8. The number of alkyl halides is 4. The van der Waals surface area contributed by atoms with Crippen molar-refractivity contribution in [3.8, 4) is 0 Å². The second-order valence-corrected chi connectivity index (χ2v) is 6.58. The Morgan fingerprint density at radius 2 is 1.87 bits per heavy atom. The van der Waals surface area contributed by atoms with Gasteiger partial charge in [-0.3, -0.25) is 4.79 Å². The molecule has 0 saturated heterocycles. The highest BCUT2D eigenvalue weighted by atomic mass is 79.9. The van der Waals surface area contributed by atoms with Crippen molar-refractivity contribution in [1.29, 1.82) is 0 Å². The summed E-state index contributed by atoms with van der Waals surface area (Å²) in [6.45, 7) is 5.15. The Kier molecular flexibility index (Phi) is 4.66. The molecule has 0 saturated carbocycles. The third kappa shape index (κ3) is 3.99. The van der Waals surface area contributed by atoms with Crippen LogP contribution in [0.25, 0.3) is 11.0 Å². The number of aromatic nitrogens is 2. The quantitative estimate of drug-likeness (QED) is 0.622. The minimum atomic E-state index is -4.65. The normalized spacial score (nSPS) is 12.5. The van der Waals surface area contributed by atoms with Gasteiger partial charge in [-0.2, -0.15) is 13.2 Å². The number of nitrogens with zero attached hydrogens (tertiary/aromatic N) is 2. The molecule has 0 unspecified atom stereocenters. The van der Waals surface area contributed by atoms with Crippen molar-refractivity contribution in [2.45, 2.75) is 32.5 Å². The maximum Gasteiger partial charge on any atom is 0.437 e. The van der Waals surface area contributed by atoms with Gasteiger partial charge in [-0.1, -0.05) is 22.0 Å². The number of rotatable bonds is 3. The smallest absolute Gasteiger partial charge is 0.364 e. The van der Waals surface area contributed by atoms with Gasteiger partial charge in [0.05, 0.1) is 10.8 Å². The molecule has 8 heteroatoms. The number of anilines is 1. The summed E-state index contributed by atoms with van der Waals surface area (Å²) in [5.74, 6) is -0.654. The largest absolute Gasteiger partial charge is 0.437 e. The van der Waals surface area contributed by atoms with Crippen LogP contribution < -0.4 is 5.32 Å². The van der Waals surface area contributed by atoms with Crippen LogP contribution in [0, 0.1) is 0 Å². The Morgan fingerprint density at radius 1 is 1.22 bits per heavy atom. The van der Waals surface area contributed by atoms with Crippen molar-refractivity contribution in [3.05, 3.63) is 29.5 Å². The van der Waals surface area contributed by atoms with E-state index >= 15 is 0 Å². The first-order chi connectivity index (χ1) is 10.5. The lowest BCUT2D eigenvalue weighted by atomic mass is 10.1. The molecule has 23 heavy (non-hydrogen) atoms. The number of carbonyl (C=O) groups excluding carboxylic acids is 1. The van der Waals surface area contributed by atoms with Gasteiger partial charge >= 0.3 is 6.18 Å². The van der Waals surface area contributed by atoms with Gasteiger partial charge in [0, 0.05) is 11.1 Å². The molecule has 4 nitrogen and oxygen atoms in total. The number of Topliss-reactive ketones (excluding diaryl/α,β-unsaturated/α-hetero) is 1. The fourth-order valence-electron chi connectivity index (χ4n) is 2.01. The van der Waals surface area contributed by atoms with Crippen LogP contribution in [0.3, 0.4) is 0 Å². The Labute approximate surface area is 139 Å². The zero-order valence-corrected chi connectivity index (χ0v) is 14.3. The number of hydrogen-bond acceptors (Lipinski definition) is 4. The highest BCUT2D eigenvalue weighted by Crippen LogP contribution is 2.35. The molecule has 1 N–H and O–H groups in total. The lowest BCUT2D eigenvalue weighted by Crippen LogP contribution is -2.29. The molecule has 1 aromatic heterocycles. The molecule has 0 bridgehead atoms. The van der Waals surface area contributed by atoms with E-state index in [-0.39, 0.29) is 33.5 Å². The molecule has 0 radical (unpaired) electrons. The van der Waals surface area contributed by atoms with E-state index in [4.69, 9.17) is 0 Å². The lowest BCUT2D eigenvalue weighted by Gasteiger charge is -2.24. The zero-order chi connectivity index (χ0) is 17.4. The number of para-hydroxylation sites is 1. The van der Waals surface area contributed by atoms with E-state index in [1.165, 1.54) is 18.2 Å². The van der Waals surface area contributed by atoms with Crippen molar-refractivity contribution in [2.24, 2.45) is 0 Å². The number of nitrogens with one attached hydrogen (secondary N) is 1. The van der Waals surface area contributed by atoms with Crippen molar-refractivity contribution < 1.29 is 18.0 Å². The highest BCUT2D eigenvalue weighted by molar-refractivity contribution is 9.09. The van der Waals surface area contributed by atoms with E-state index in [0.29, 0.717) is 0 Å². The summed E-state index contributed by atoms with van der Waals surface area (Å²) in [6.07, 6.45) is -4.65. The van der Waals surface area contributed by atoms with Gasteiger partial charge in [0.15, 0.2) is 17.3 Å². The third-order valence-corrected chi connectivity index (χ3v) is 3.39. The first-order valence-corrected chi connectivity index (χ1v) is 7.90. The Balaban J connectivity index is 2.76. The number of fused-ring (bicyclic) bond motifs is 1. The number of ketones is 1. The van der Waals surface area contributed by atoms with Crippen molar-refractivity contribution in [3.63, 3.8) is 0 Å². The predicted octanol–water partition coefficient (Wildman–Crippen LogP) is 4.44. The van der Waals surface area contributed by atoms with Gasteiger partial charge in [0.2, 0.25) is 0 Å². The predicted molar refractivity (Wildman–Crippen MR) is 86.0 cm³/mol. The SMILES string of the molecule is CC(C)(C)Nc1nc2c(C(=O)CBr)cccc2nc1C(F)(F)F. The first-order valence-electron chi connectivity index (χ1n) is 6.78. The molecule has 2 aromatic rings. The summed E-state index contributed by atoms with van der Waals surface area (Å²) in [5, 5.41) is 2.77. The van der Waals surface area contributed by atoms with E-state index in [1.54, 1.807) is 20.8 Å². The molecule has 0 fully saturated rings. The maximum absolute atomic E-state index is 13.3.